The van der Waals surface area contributed by atoms with E-state index in [-0.39, 0.29) is 4.21 Å². The van der Waals surface area contributed by atoms with Gasteiger partial charge in [-0.1, -0.05) is 6.07 Å². The molecule has 0 saturated carbocycles. The highest BCUT2D eigenvalue weighted by Gasteiger charge is 2.15. The first-order valence-corrected chi connectivity index (χ1v) is 12.5. The van der Waals surface area contributed by atoms with Gasteiger partial charge in [-0.15, -0.1) is 11.3 Å². The number of esters is 1. The van der Waals surface area contributed by atoms with E-state index >= 15 is 0 Å². The molecule has 0 aliphatic heterocycles. The molecule has 1 amide bonds. The number of carbonyl (C=O) groups excluding carboxylic acids is 2. The van der Waals surface area contributed by atoms with Gasteiger partial charge in [0.25, 0.3) is 15.9 Å². The van der Waals surface area contributed by atoms with E-state index in [9.17, 15) is 18.0 Å². The molecule has 9 nitrogen and oxygen atoms in total. The predicted molar refractivity (Wildman–Crippen MR) is 132 cm³/mol. The van der Waals surface area contributed by atoms with Crippen LogP contribution in [0.5, 0.6) is 5.75 Å². The number of pyridine rings is 1. The van der Waals surface area contributed by atoms with Crippen molar-refractivity contribution in [3.8, 4) is 5.75 Å². The van der Waals surface area contributed by atoms with Crippen LogP contribution in [-0.2, 0) is 10.0 Å². The number of rotatable bonds is 8. The third-order valence-electron chi connectivity index (χ3n) is 4.53. The van der Waals surface area contributed by atoms with Gasteiger partial charge >= 0.3 is 5.97 Å². The molecular weight excluding hydrogens is 488 g/mol. The van der Waals surface area contributed by atoms with Gasteiger partial charge in [0.15, 0.2) is 0 Å². The number of anilines is 1. The molecular formula is C24H18N4O5S2. The largest absolute Gasteiger partial charge is 0.423 e. The molecule has 0 spiro atoms. The molecule has 2 heterocycles. The van der Waals surface area contributed by atoms with E-state index in [0.29, 0.717) is 28.1 Å². The third-order valence-corrected chi connectivity index (χ3v) is 7.31. The SMILES string of the molecule is O=C(N/N=C/c1ccc(OC(=O)c2cccnc2)cc1)c1ccc(NS(=O)(=O)c2cccs2)cc1. The summed E-state index contributed by atoms with van der Waals surface area (Å²) in [6.45, 7) is 0. The fourth-order valence-electron chi connectivity index (χ4n) is 2.81. The van der Waals surface area contributed by atoms with Crippen molar-refractivity contribution in [3.05, 3.63) is 107 Å². The van der Waals surface area contributed by atoms with Crippen molar-refractivity contribution in [2.45, 2.75) is 4.21 Å². The van der Waals surface area contributed by atoms with Crippen LogP contribution in [0.15, 0.2) is 99.9 Å². The average Bonchev–Trinajstić information content (AvgIpc) is 3.42. The normalized spacial score (nSPS) is 11.2. The number of thiophene rings is 1. The molecule has 0 fully saturated rings. The minimum Gasteiger partial charge on any atom is -0.423 e. The van der Waals surface area contributed by atoms with Crippen LogP contribution in [-0.4, -0.2) is 31.5 Å². The Morgan fingerprint density at radius 2 is 1.71 bits per heavy atom. The van der Waals surface area contributed by atoms with Crippen LogP contribution in [0.4, 0.5) is 5.69 Å². The Kier molecular flexibility index (Phi) is 7.29. The van der Waals surface area contributed by atoms with Crippen LogP contribution in [0.1, 0.15) is 26.3 Å². The topological polar surface area (TPSA) is 127 Å². The van der Waals surface area contributed by atoms with Gasteiger partial charge in [-0.2, -0.15) is 5.10 Å². The molecule has 0 atom stereocenters. The molecule has 176 valence electrons. The summed E-state index contributed by atoms with van der Waals surface area (Å²) in [5.74, 6) is -0.622. The van der Waals surface area contributed by atoms with Gasteiger partial charge in [0.2, 0.25) is 0 Å². The van der Waals surface area contributed by atoms with Gasteiger partial charge < -0.3 is 4.74 Å². The maximum atomic E-state index is 12.3. The molecule has 2 aromatic heterocycles. The Morgan fingerprint density at radius 3 is 2.37 bits per heavy atom. The summed E-state index contributed by atoms with van der Waals surface area (Å²) in [7, 11) is -3.66. The number of hydrogen-bond donors (Lipinski definition) is 2. The second-order valence-corrected chi connectivity index (χ2v) is 9.87. The predicted octanol–water partition coefficient (Wildman–Crippen LogP) is 3.93. The van der Waals surface area contributed by atoms with Crippen molar-refractivity contribution < 1.29 is 22.7 Å². The Labute approximate surface area is 205 Å². The maximum Gasteiger partial charge on any atom is 0.345 e. The van der Waals surface area contributed by atoms with E-state index in [1.165, 1.54) is 42.7 Å². The van der Waals surface area contributed by atoms with Crippen LogP contribution in [0.2, 0.25) is 0 Å². The number of ether oxygens (including phenoxy) is 1. The van der Waals surface area contributed by atoms with Crippen LogP contribution in [0, 0.1) is 0 Å². The number of nitrogens with zero attached hydrogens (tertiary/aromatic N) is 2. The summed E-state index contributed by atoms with van der Waals surface area (Å²) >= 11 is 1.11. The summed E-state index contributed by atoms with van der Waals surface area (Å²) in [5, 5.41) is 5.60. The lowest BCUT2D eigenvalue weighted by molar-refractivity contribution is 0.0734. The zero-order valence-corrected chi connectivity index (χ0v) is 19.6. The van der Waals surface area contributed by atoms with E-state index in [2.05, 4.69) is 20.2 Å². The zero-order chi connectivity index (χ0) is 24.7. The molecule has 0 aliphatic carbocycles. The second-order valence-electron chi connectivity index (χ2n) is 7.01. The number of benzene rings is 2. The first-order chi connectivity index (χ1) is 16.9. The van der Waals surface area contributed by atoms with Gasteiger partial charge in [0, 0.05) is 23.6 Å². The van der Waals surface area contributed by atoms with Gasteiger partial charge in [0.05, 0.1) is 11.8 Å². The van der Waals surface area contributed by atoms with Crippen LogP contribution in [0.25, 0.3) is 0 Å². The van der Waals surface area contributed by atoms with Crippen molar-refractivity contribution in [2.24, 2.45) is 5.10 Å². The van der Waals surface area contributed by atoms with Crippen molar-refractivity contribution >= 4 is 45.1 Å². The number of aromatic nitrogens is 1. The van der Waals surface area contributed by atoms with E-state index in [0.717, 1.165) is 11.3 Å². The van der Waals surface area contributed by atoms with Crippen molar-refractivity contribution in [1.82, 2.24) is 10.4 Å². The number of carbonyl (C=O) groups is 2. The molecule has 2 N–H and O–H groups in total. The van der Waals surface area contributed by atoms with Crippen molar-refractivity contribution in [1.29, 1.82) is 0 Å². The number of nitrogens with one attached hydrogen (secondary N) is 2. The molecule has 0 unspecified atom stereocenters. The molecule has 2 aromatic carbocycles. The monoisotopic (exact) mass is 506 g/mol. The van der Waals surface area contributed by atoms with Crippen LogP contribution in [0.3, 0.4) is 0 Å². The molecule has 0 aliphatic rings. The quantitative estimate of drug-likeness (QED) is 0.161. The smallest absolute Gasteiger partial charge is 0.345 e. The first-order valence-electron chi connectivity index (χ1n) is 10.1. The minimum atomic E-state index is -3.66. The van der Waals surface area contributed by atoms with Gasteiger partial charge in [0.1, 0.15) is 9.96 Å². The molecule has 0 radical (unpaired) electrons. The summed E-state index contributed by atoms with van der Waals surface area (Å²) in [5.41, 5.74) is 4.06. The third kappa shape index (κ3) is 6.37. The fraction of sp³-hybridized carbons (Fsp3) is 0. The Morgan fingerprint density at radius 1 is 0.943 bits per heavy atom. The summed E-state index contributed by atoms with van der Waals surface area (Å²) < 4.78 is 32.5. The standard InChI is InChI=1S/C24H18N4O5S2/c29-23(18-7-9-20(10-8-18)28-35(31,32)22-4-2-14-34-22)27-26-15-17-5-11-21(12-6-17)33-24(30)19-3-1-13-25-16-19/h1-16,28H,(H,27,29)/b26-15+. The Hall–Kier alpha value is -4.35. The summed E-state index contributed by atoms with van der Waals surface area (Å²) in [4.78, 5) is 28.2. The van der Waals surface area contributed by atoms with Gasteiger partial charge in [-0.3, -0.25) is 14.5 Å². The fourth-order valence-corrected chi connectivity index (χ4v) is 4.86. The lowest BCUT2D eigenvalue weighted by Gasteiger charge is -2.07. The highest BCUT2D eigenvalue weighted by atomic mass is 32.2. The summed E-state index contributed by atoms with van der Waals surface area (Å²) in [6, 6.07) is 18.9. The molecule has 0 saturated heterocycles. The highest BCUT2D eigenvalue weighted by molar-refractivity contribution is 7.94. The molecule has 4 aromatic rings. The highest BCUT2D eigenvalue weighted by Crippen LogP contribution is 2.20. The lowest BCUT2D eigenvalue weighted by atomic mass is 10.2. The van der Waals surface area contributed by atoms with Crippen molar-refractivity contribution in [3.63, 3.8) is 0 Å². The number of hydrazone groups is 1. The lowest BCUT2D eigenvalue weighted by Crippen LogP contribution is -2.17. The minimum absolute atomic E-state index is 0.202. The van der Waals surface area contributed by atoms with E-state index in [4.69, 9.17) is 4.74 Å². The molecule has 4 rings (SSSR count). The van der Waals surface area contributed by atoms with Crippen molar-refractivity contribution in [2.75, 3.05) is 4.72 Å². The second kappa shape index (κ2) is 10.7. The number of sulfonamides is 1. The van der Waals surface area contributed by atoms with Crippen LogP contribution >= 0.6 is 11.3 Å². The van der Waals surface area contributed by atoms with E-state index < -0.39 is 21.9 Å². The van der Waals surface area contributed by atoms with E-state index in [1.807, 2.05) is 0 Å². The van der Waals surface area contributed by atoms with Gasteiger partial charge in [-0.05, 0) is 77.7 Å². The van der Waals surface area contributed by atoms with Gasteiger partial charge in [-0.25, -0.2) is 18.6 Å². The zero-order valence-electron chi connectivity index (χ0n) is 18.0. The van der Waals surface area contributed by atoms with E-state index in [1.54, 1.807) is 54.0 Å². The average molecular weight is 507 g/mol. The summed E-state index contributed by atoms with van der Waals surface area (Å²) in [6.07, 6.45) is 4.42. The molecule has 11 heteroatoms. The Bertz CT molecular complexity index is 1440. The maximum absolute atomic E-state index is 12.3. The number of amides is 1. The number of hydrogen-bond acceptors (Lipinski definition) is 8. The van der Waals surface area contributed by atoms with Crippen LogP contribution < -0.4 is 14.9 Å². The first kappa shape index (κ1) is 23.8. The molecule has 0 bridgehead atoms. The Balaban J connectivity index is 1.30. The molecule has 35 heavy (non-hydrogen) atoms.